The van der Waals surface area contributed by atoms with E-state index in [4.69, 9.17) is 9.47 Å². The zero-order valence-corrected chi connectivity index (χ0v) is 23.6. The molecular weight excluding hydrogens is 528 g/mol. The number of para-hydroxylation sites is 1. The minimum absolute atomic E-state index is 0.0170. The first kappa shape index (κ1) is 31.0. The average molecular weight is 567 g/mol. The summed E-state index contributed by atoms with van der Waals surface area (Å²) in [5, 5.41) is 18.4. The topological polar surface area (TPSA) is 159 Å². The fourth-order valence-corrected chi connectivity index (χ4v) is 4.14. The Hall–Kier alpha value is -4.54. The van der Waals surface area contributed by atoms with E-state index in [0.717, 1.165) is 22.0 Å². The maximum absolute atomic E-state index is 13.3. The van der Waals surface area contributed by atoms with Gasteiger partial charge in [-0.05, 0) is 57.2 Å². The lowest BCUT2D eigenvalue weighted by Crippen LogP contribution is -2.52. The number of H-pyrrole nitrogens is 1. The van der Waals surface area contributed by atoms with Crippen molar-refractivity contribution in [2.24, 2.45) is 0 Å². The summed E-state index contributed by atoms with van der Waals surface area (Å²) in [6.07, 6.45) is 1.57. The average Bonchev–Trinajstić information content (AvgIpc) is 3.33. The van der Waals surface area contributed by atoms with E-state index in [-0.39, 0.29) is 19.4 Å². The predicted octanol–water partition coefficient (Wildman–Crippen LogP) is 4.27. The van der Waals surface area contributed by atoms with E-state index in [1.54, 1.807) is 27.0 Å². The molecule has 1 heterocycles. The molecule has 1 aromatic heterocycles. The number of ether oxygens (including phenoxy) is 2. The lowest BCUT2D eigenvalue weighted by Gasteiger charge is -2.21. The summed E-state index contributed by atoms with van der Waals surface area (Å²) in [6, 6.07) is 14.4. The van der Waals surface area contributed by atoms with Crippen molar-refractivity contribution in [2.45, 2.75) is 70.7 Å². The summed E-state index contributed by atoms with van der Waals surface area (Å²) in [5.74, 6) is -1.85. The van der Waals surface area contributed by atoms with Gasteiger partial charge in [-0.1, -0.05) is 48.5 Å². The van der Waals surface area contributed by atoms with Gasteiger partial charge in [-0.3, -0.25) is 4.79 Å². The second-order valence-electron chi connectivity index (χ2n) is 10.6. The number of carbonyl (C=O) groups excluding carboxylic acids is 3. The molecule has 0 aliphatic heterocycles. The molecule has 0 fully saturated rings. The van der Waals surface area contributed by atoms with E-state index in [0.29, 0.717) is 19.4 Å². The van der Waals surface area contributed by atoms with Crippen molar-refractivity contribution in [2.75, 3.05) is 6.54 Å². The normalized spacial score (nSPS) is 12.7. The van der Waals surface area contributed by atoms with Crippen LogP contribution in [0, 0.1) is 0 Å². The molecule has 220 valence electrons. The Morgan fingerprint density at radius 2 is 1.61 bits per heavy atom. The number of amides is 3. The molecule has 0 saturated carbocycles. The molecule has 0 saturated heterocycles. The number of carboxylic acids is 1. The molecule has 2 atom stereocenters. The van der Waals surface area contributed by atoms with Gasteiger partial charge in [0.1, 0.15) is 24.3 Å². The van der Waals surface area contributed by atoms with Crippen LogP contribution >= 0.6 is 0 Å². The van der Waals surface area contributed by atoms with Crippen molar-refractivity contribution in [3.05, 3.63) is 71.9 Å². The van der Waals surface area contributed by atoms with Gasteiger partial charge in [0.2, 0.25) is 5.91 Å². The van der Waals surface area contributed by atoms with Crippen molar-refractivity contribution < 1.29 is 33.8 Å². The van der Waals surface area contributed by atoms with E-state index in [9.17, 15) is 24.3 Å². The molecule has 0 radical (unpaired) electrons. The van der Waals surface area contributed by atoms with Crippen LogP contribution in [0.5, 0.6) is 0 Å². The zero-order valence-electron chi connectivity index (χ0n) is 23.6. The molecular formula is C30H38N4O7. The van der Waals surface area contributed by atoms with Gasteiger partial charge in [-0.2, -0.15) is 0 Å². The number of hydrogen-bond acceptors (Lipinski definition) is 6. The highest BCUT2D eigenvalue weighted by Crippen LogP contribution is 2.19. The van der Waals surface area contributed by atoms with Gasteiger partial charge in [0, 0.05) is 30.1 Å². The highest BCUT2D eigenvalue weighted by molar-refractivity contribution is 5.90. The molecule has 3 aromatic rings. The van der Waals surface area contributed by atoms with E-state index >= 15 is 0 Å². The van der Waals surface area contributed by atoms with Crippen LogP contribution in [-0.2, 0) is 32.1 Å². The number of aromatic amines is 1. The number of hydrogen-bond donors (Lipinski definition) is 5. The number of carboxylic acid groups (broad SMARTS) is 1. The van der Waals surface area contributed by atoms with Crippen LogP contribution in [0.1, 0.15) is 51.2 Å². The number of benzene rings is 2. The highest BCUT2D eigenvalue weighted by atomic mass is 16.6. The summed E-state index contributed by atoms with van der Waals surface area (Å²) < 4.78 is 10.5. The SMILES string of the molecule is CC(C)(C)OC(=O)NCCCC[C@H](NC(=O)[C@H](Cc1c[nH]c2ccccc12)NC(=O)OCc1ccccc1)C(=O)O. The van der Waals surface area contributed by atoms with Gasteiger partial charge >= 0.3 is 18.2 Å². The third-order valence-electron chi connectivity index (χ3n) is 6.12. The van der Waals surface area contributed by atoms with E-state index < -0.39 is 41.7 Å². The maximum atomic E-state index is 13.3. The Kier molecular flexibility index (Phi) is 11.1. The smallest absolute Gasteiger partial charge is 0.408 e. The van der Waals surface area contributed by atoms with Gasteiger partial charge < -0.3 is 35.5 Å². The first-order valence-electron chi connectivity index (χ1n) is 13.5. The molecule has 0 aliphatic rings. The third-order valence-corrected chi connectivity index (χ3v) is 6.12. The van der Waals surface area contributed by atoms with Gasteiger partial charge in [-0.25, -0.2) is 14.4 Å². The zero-order chi connectivity index (χ0) is 29.8. The summed E-state index contributed by atoms with van der Waals surface area (Å²) >= 11 is 0. The van der Waals surface area contributed by atoms with Crippen molar-refractivity contribution in [1.82, 2.24) is 20.9 Å². The second kappa shape index (κ2) is 14.7. The number of alkyl carbamates (subject to hydrolysis) is 2. The second-order valence-corrected chi connectivity index (χ2v) is 10.6. The molecule has 11 nitrogen and oxygen atoms in total. The maximum Gasteiger partial charge on any atom is 0.408 e. The van der Waals surface area contributed by atoms with Gasteiger partial charge in [0.25, 0.3) is 0 Å². The van der Waals surface area contributed by atoms with Crippen LogP contribution in [-0.4, -0.2) is 58.4 Å². The lowest BCUT2D eigenvalue weighted by atomic mass is 10.0. The number of carbonyl (C=O) groups is 4. The lowest BCUT2D eigenvalue weighted by molar-refractivity contribution is -0.142. The fourth-order valence-electron chi connectivity index (χ4n) is 4.14. The highest BCUT2D eigenvalue weighted by Gasteiger charge is 2.28. The fraction of sp³-hybridized carbons (Fsp3) is 0.400. The molecule has 11 heteroatoms. The van der Waals surface area contributed by atoms with Crippen LogP contribution < -0.4 is 16.0 Å². The Morgan fingerprint density at radius 1 is 0.902 bits per heavy atom. The summed E-state index contributed by atoms with van der Waals surface area (Å²) in [4.78, 5) is 52.8. The molecule has 3 rings (SSSR count). The molecule has 0 unspecified atom stereocenters. The first-order valence-corrected chi connectivity index (χ1v) is 13.5. The number of aromatic nitrogens is 1. The Labute approximate surface area is 239 Å². The summed E-state index contributed by atoms with van der Waals surface area (Å²) in [7, 11) is 0. The van der Waals surface area contributed by atoms with Crippen LogP contribution in [0.4, 0.5) is 9.59 Å². The molecule has 0 spiro atoms. The minimum Gasteiger partial charge on any atom is -0.480 e. The van der Waals surface area contributed by atoms with Gasteiger partial charge in [-0.15, -0.1) is 0 Å². The summed E-state index contributed by atoms with van der Waals surface area (Å²) in [5.41, 5.74) is 1.82. The Bertz CT molecular complexity index is 1320. The summed E-state index contributed by atoms with van der Waals surface area (Å²) in [6.45, 7) is 5.60. The van der Waals surface area contributed by atoms with Crippen molar-refractivity contribution in [3.8, 4) is 0 Å². The quantitative estimate of drug-likeness (QED) is 0.193. The number of nitrogens with one attached hydrogen (secondary N) is 4. The van der Waals surface area contributed by atoms with Crippen LogP contribution in [0.15, 0.2) is 60.8 Å². The largest absolute Gasteiger partial charge is 0.480 e. The Balaban J connectivity index is 1.61. The number of rotatable bonds is 13. The number of fused-ring (bicyclic) bond motifs is 1. The predicted molar refractivity (Wildman–Crippen MR) is 153 cm³/mol. The molecule has 2 aromatic carbocycles. The van der Waals surface area contributed by atoms with Gasteiger partial charge in [0.15, 0.2) is 0 Å². The third kappa shape index (κ3) is 10.5. The van der Waals surface area contributed by atoms with E-state index in [1.165, 1.54) is 0 Å². The molecule has 3 amide bonds. The van der Waals surface area contributed by atoms with E-state index in [1.807, 2.05) is 54.6 Å². The van der Waals surface area contributed by atoms with Crippen LogP contribution in [0.25, 0.3) is 10.9 Å². The van der Waals surface area contributed by atoms with Crippen molar-refractivity contribution in [1.29, 1.82) is 0 Å². The van der Waals surface area contributed by atoms with Crippen molar-refractivity contribution >= 4 is 35.0 Å². The van der Waals surface area contributed by atoms with Crippen LogP contribution in [0.3, 0.4) is 0 Å². The molecule has 5 N–H and O–H groups in total. The van der Waals surface area contributed by atoms with Gasteiger partial charge in [0.05, 0.1) is 0 Å². The standard InChI is InChI=1S/C30H38N4O7/c1-30(2,3)41-28(38)31-16-10-9-15-24(27(36)37)33-26(35)25(17-21-18-32-23-14-8-7-13-22(21)23)34-29(39)40-19-20-11-5-4-6-12-20/h4-8,11-14,18,24-25,32H,9-10,15-17,19H2,1-3H3,(H,31,38)(H,33,35)(H,34,39)(H,36,37)/t24-,25-/m0/s1. The number of unbranched alkanes of at least 4 members (excludes halogenated alkanes) is 1. The number of aliphatic carboxylic acids is 1. The molecule has 41 heavy (non-hydrogen) atoms. The van der Waals surface area contributed by atoms with Crippen LogP contribution in [0.2, 0.25) is 0 Å². The Morgan fingerprint density at radius 3 is 2.32 bits per heavy atom. The molecule has 0 aliphatic carbocycles. The molecule has 0 bridgehead atoms. The minimum atomic E-state index is -1.20. The first-order chi connectivity index (χ1) is 19.5. The monoisotopic (exact) mass is 566 g/mol. The van der Waals surface area contributed by atoms with E-state index in [2.05, 4.69) is 20.9 Å². The van der Waals surface area contributed by atoms with Crippen molar-refractivity contribution in [3.63, 3.8) is 0 Å².